The number of hydroxylamine groups is 2. The van der Waals surface area contributed by atoms with Crippen LogP contribution in [0.3, 0.4) is 0 Å². The van der Waals surface area contributed by atoms with Crippen molar-refractivity contribution in [3.63, 3.8) is 0 Å². The Morgan fingerprint density at radius 2 is 1.72 bits per heavy atom. The fourth-order valence-corrected chi connectivity index (χ4v) is 2.27. The molecule has 1 aromatic carbocycles. The molecule has 0 radical (unpaired) electrons. The molecule has 2 heterocycles. The summed E-state index contributed by atoms with van der Waals surface area (Å²) in [6.45, 7) is 5.16. The number of fused-ring (bicyclic) bond motifs is 1. The van der Waals surface area contributed by atoms with Crippen molar-refractivity contribution in [2.45, 2.75) is 33.0 Å². The first kappa shape index (κ1) is 16.8. The van der Waals surface area contributed by atoms with Gasteiger partial charge in [0.05, 0.1) is 17.3 Å². The van der Waals surface area contributed by atoms with E-state index in [1.54, 1.807) is 45.0 Å². The monoisotopic (exact) mass is 343 g/mol. The summed E-state index contributed by atoms with van der Waals surface area (Å²) in [5, 5.41) is 4.61. The molecule has 25 heavy (non-hydrogen) atoms. The number of amides is 2. The lowest BCUT2D eigenvalue weighted by Gasteiger charge is -2.18. The summed E-state index contributed by atoms with van der Waals surface area (Å²) in [5.41, 5.74) is 0.483. The summed E-state index contributed by atoms with van der Waals surface area (Å²) < 4.78 is 6.23. The number of ether oxygens (including phenoxy) is 1. The molecule has 0 saturated carbocycles. The Bertz CT molecular complexity index is 815. The summed E-state index contributed by atoms with van der Waals surface area (Å²) in [7, 11) is 0. The SMILES string of the molecule is CC(C)(C)OC(=O)n1cc(CON2C(=O)c3ccccc3C2=O)cn1. The van der Waals surface area contributed by atoms with Gasteiger partial charge in [0.1, 0.15) is 12.2 Å². The minimum absolute atomic E-state index is 0.0890. The summed E-state index contributed by atoms with van der Waals surface area (Å²) in [6, 6.07) is 6.50. The topological polar surface area (TPSA) is 90.7 Å². The first-order valence-corrected chi connectivity index (χ1v) is 7.64. The van der Waals surface area contributed by atoms with Crippen LogP contribution in [0, 0.1) is 0 Å². The van der Waals surface area contributed by atoms with E-state index in [4.69, 9.17) is 9.57 Å². The third-order valence-corrected chi connectivity index (χ3v) is 3.33. The van der Waals surface area contributed by atoms with Crippen molar-refractivity contribution in [1.29, 1.82) is 0 Å². The molecule has 0 saturated heterocycles. The second-order valence-corrected chi connectivity index (χ2v) is 6.50. The van der Waals surface area contributed by atoms with Gasteiger partial charge < -0.3 is 4.74 Å². The average molecular weight is 343 g/mol. The van der Waals surface area contributed by atoms with Gasteiger partial charge in [0.25, 0.3) is 11.8 Å². The van der Waals surface area contributed by atoms with Crippen molar-refractivity contribution in [1.82, 2.24) is 14.8 Å². The Balaban J connectivity index is 1.65. The van der Waals surface area contributed by atoms with Crippen molar-refractivity contribution < 1.29 is 24.0 Å². The molecule has 2 amide bonds. The highest BCUT2D eigenvalue weighted by atomic mass is 16.7. The number of imide groups is 1. The summed E-state index contributed by atoms with van der Waals surface area (Å²) >= 11 is 0. The van der Waals surface area contributed by atoms with Crippen molar-refractivity contribution in [2.24, 2.45) is 0 Å². The Morgan fingerprint density at radius 1 is 1.12 bits per heavy atom. The van der Waals surface area contributed by atoms with Crippen LogP contribution in [0.25, 0.3) is 0 Å². The van der Waals surface area contributed by atoms with E-state index in [1.165, 1.54) is 12.4 Å². The van der Waals surface area contributed by atoms with Crippen molar-refractivity contribution >= 4 is 17.9 Å². The zero-order valence-electron chi connectivity index (χ0n) is 14.1. The van der Waals surface area contributed by atoms with Crippen molar-refractivity contribution in [3.8, 4) is 0 Å². The molecule has 0 unspecified atom stereocenters. The van der Waals surface area contributed by atoms with Crippen LogP contribution in [-0.4, -0.2) is 38.4 Å². The van der Waals surface area contributed by atoms with Gasteiger partial charge in [-0.3, -0.25) is 14.4 Å². The Kier molecular flexibility index (Phi) is 4.13. The van der Waals surface area contributed by atoms with E-state index in [1.807, 2.05) is 0 Å². The van der Waals surface area contributed by atoms with Gasteiger partial charge in [-0.15, -0.1) is 5.06 Å². The molecule has 1 aliphatic rings. The van der Waals surface area contributed by atoms with E-state index >= 15 is 0 Å². The van der Waals surface area contributed by atoms with Crippen LogP contribution in [0.5, 0.6) is 0 Å². The molecule has 0 atom stereocenters. The molecule has 8 heteroatoms. The van der Waals surface area contributed by atoms with Gasteiger partial charge in [-0.05, 0) is 32.9 Å². The third kappa shape index (κ3) is 3.43. The number of carbonyl (C=O) groups excluding carboxylic acids is 3. The molecule has 0 spiro atoms. The Labute approximate surface area is 143 Å². The molecule has 0 N–H and O–H groups in total. The van der Waals surface area contributed by atoms with Crippen molar-refractivity contribution in [3.05, 3.63) is 53.3 Å². The van der Waals surface area contributed by atoms with Gasteiger partial charge in [0.2, 0.25) is 0 Å². The molecule has 8 nitrogen and oxygen atoms in total. The minimum atomic E-state index is -0.639. The van der Waals surface area contributed by atoms with E-state index in [0.717, 1.165) is 9.75 Å². The number of rotatable bonds is 3. The summed E-state index contributed by atoms with van der Waals surface area (Å²) in [6.07, 6.45) is 2.20. The summed E-state index contributed by atoms with van der Waals surface area (Å²) in [5.74, 6) is -1.03. The highest BCUT2D eigenvalue weighted by molar-refractivity contribution is 6.20. The molecule has 3 rings (SSSR count). The van der Waals surface area contributed by atoms with Crippen molar-refractivity contribution in [2.75, 3.05) is 0 Å². The highest BCUT2D eigenvalue weighted by Gasteiger charge is 2.36. The largest absolute Gasteiger partial charge is 0.442 e. The number of carbonyl (C=O) groups is 3. The smallest absolute Gasteiger partial charge is 0.435 e. The molecule has 0 aliphatic carbocycles. The van der Waals surface area contributed by atoms with Gasteiger partial charge in [0.15, 0.2) is 0 Å². The molecule has 1 aliphatic heterocycles. The van der Waals surface area contributed by atoms with E-state index in [9.17, 15) is 14.4 Å². The maximum absolute atomic E-state index is 12.2. The van der Waals surface area contributed by atoms with E-state index < -0.39 is 23.5 Å². The molecular weight excluding hydrogens is 326 g/mol. The number of aromatic nitrogens is 2. The number of hydrogen-bond donors (Lipinski definition) is 0. The minimum Gasteiger partial charge on any atom is -0.442 e. The quantitative estimate of drug-likeness (QED) is 0.795. The predicted molar refractivity (Wildman–Crippen MR) is 85.6 cm³/mol. The molecular formula is C17H17N3O5. The van der Waals surface area contributed by atoms with E-state index in [0.29, 0.717) is 16.7 Å². The summed E-state index contributed by atoms with van der Waals surface area (Å²) in [4.78, 5) is 41.6. The first-order chi connectivity index (χ1) is 11.8. The van der Waals surface area contributed by atoms with Gasteiger partial charge in [-0.2, -0.15) is 9.78 Å². The number of hydrogen-bond acceptors (Lipinski definition) is 6. The lowest BCUT2D eigenvalue weighted by atomic mass is 10.1. The van der Waals surface area contributed by atoms with Gasteiger partial charge in [-0.25, -0.2) is 4.79 Å². The fourth-order valence-electron chi connectivity index (χ4n) is 2.27. The number of benzene rings is 1. The number of nitrogens with zero attached hydrogens (tertiary/aromatic N) is 3. The zero-order chi connectivity index (χ0) is 18.2. The van der Waals surface area contributed by atoms with Crippen LogP contribution >= 0.6 is 0 Å². The third-order valence-electron chi connectivity index (χ3n) is 3.33. The highest BCUT2D eigenvalue weighted by Crippen LogP contribution is 2.23. The van der Waals surface area contributed by atoms with Crippen LogP contribution < -0.4 is 0 Å². The maximum Gasteiger partial charge on any atom is 0.435 e. The molecule has 0 fully saturated rings. The Hall–Kier alpha value is -3.00. The standard InChI is InChI=1S/C17H17N3O5/c1-17(2,3)25-16(23)19-9-11(8-18-19)10-24-20-14(21)12-6-4-5-7-13(12)15(20)22/h4-9H,10H2,1-3H3. The van der Waals surface area contributed by atoms with Gasteiger partial charge in [-0.1, -0.05) is 12.1 Å². The lowest BCUT2D eigenvalue weighted by Crippen LogP contribution is -2.29. The maximum atomic E-state index is 12.2. The second-order valence-electron chi connectivity index (χ2n) is 6.50. The first-order valence-electron chi connectivity index (χ1n) is 7.64. The van der Waals surface area contributed by atoms with Crippen LogP contribution in [0.15, 0.2) is 36.7 Å². The van der Waals surface area contributed by atoms with Gasteiger partial charge >= 0.3 is 6.09 Å². The fraction of sp³-hybridized carbons (Fsp3) is 0.294. The lowest BCUT2D eigenvalue weighted by molar-refractivity contribution is -0.101. The molecule has 1 aromatic heterocycles. The Morgan fingerprint density at radius 3 is 2.28 bits per heavy atom. The van der Waals surface area contributed by atoms with Crippen LogP contribution in [0.1, 0.15) is 47.1 Å². The molecule has 130 valence electrons. The van der Waals surface area contributed by atoms with E-state index in [2.05, 4.69) is 5.10 Å². The van der Waals surface area contributed by atoms with Crippen LogP contribution in [-0.2, 0) is 16.2 Å². The molecule has 0 bridgehead atoms. The van der Waals surface area contributed by atoms with Crippen LogP contribution in [0.2, 0.25) is 0 Å². The predicted octanol–water partition coefficient (Wildman–Crippen LogP) is 2.39. The zero-order valence-corrected chi connectivity index (χ0v) is 14.1. The molecule has 2 aromatic rings. The normalized spacial score (nSPS) is 14.0. The second kappa shape index (κ2) is 6.14. The van der Waals surface area contributed by atoms with Gasteiger partial charge in [0, 0.05) is 11.8 Å². The van der Waals surface area contributed by atoms with E-state index in [-0.39, 0.29) is 6.61 Å². The average Bonchev–Trinajstić information content (AvgIpc) is 3.10. The van der Waals surface area contributed by atoms with Crippen LogP contribution in [0.4, 0.5) is 4.79 Å².